The van der Waals surface area contributed by atoms with Gasteiger partial charge in [-0.3, -0.25) is 9.59 Å². The lowest BCUT2D eigenvalue weighted by Crippen LogP contribution is -2.68. The highest BCUT2D eigenvalue weighted by molar-refractivity contribution is 5.95. The van der Waals surface area contributed by atoms with E-state index in [9.17, 15) is 50.8 Å². The summed E-state index contributed by atoms with van der Waals surface area (Å²) in [4.78, 5) is 28.3. The van der Waals surface area contributed by atoms with Crippen LogP contribution >= 0.6 is 0 Å². The van der Waals surface area contributed by atoms with E-state index >= 15 is 4.79 Å². The summed E-state index contributed by atoms with van der Waals surface area (Å²) in [6, 6.07) is 0. The monoisotopic (exact) mass is 941 g/mol. The molecule has 3 heterocycles. The van der Waals surface area contributed by atoms with Gasteiger partial charge in [0.1, 0.15) is 67.1 Å². The Kier molecular flexibility index (Phi) is 13.7. The lowest BCUT2D eigenvalue weighted by atomic mass is 9.33. The zero-order valence-electron chi connectivity index (χ0n) is 39.7. The van der Waals surface area contributed by atoms with Gasteiger partial charge in [-0.1, -0.05) is 47.1 Å². The smallest absolute Gasteiger partial charge is 0.311 e. The molecule has 5 aliphatic carbocycles. The molecule has 0 aromatic rings. The van der Waals surface area contributed by atoms with Crippen molar-refractivity contribution in [3.05, 3.63) is 11.6 Å². The van der Waals surface area contributed by atoms with Gasteiger partial charge in [0.15, 0.2) is 24.7 Å². The Bertz CT molecular complexity index is 1840. The van der Waals surface area contributed by atoms with Crippen LogP contribution in [-0.2, 0) is 42.7 Å². The number of hydrogen-bond acceptors (Lipinski definition) is 18. The van der Waals surface area contributed by atoms with Crippen molar-refractivity contribution in [1.29, 1.82) is 0 Å². The van der Waals surface area contributed by atoms with Gasteiger partial charge in [-0.2, -0.15) is 0 Å². The Morgan fingerprint density at radius 1 is 0.697 bits per heavy atom. The largest absolute Gasteiger partial charge is 0.469 e. The van der Waals surface area contributed by atoms with Crippen molar-refractivity contribution in [1.82, 2.24) is 0 Å². The van der Waals surface area contributed by atoms with Crippen LogP contribution in [0.5, 0.6) is 0 Å². The van der Waals surface area contributed by atoms with Gasteiger partial charge in [0.25, 0.3) is 0 Å². The lowest BCUT2D eigenvalue weighted by Gasteiger charge is -2.70. The SMILES string of the molecule is COC(=O)[C@@]1(C)CC[C@]2(C)CC[C@]3(C)C(=CC(=O)[C@@H]4[C@@]5(C)CC[C@H](O[C@@H]6O[C@H](CO)[C@@H](O)[C@H](O[C@@H]7OC[C@@H](O)[C@H](O)[C@H]7O)[C@H]6O[C@@H]6O[C@H](CO)[C@H](O)[C@H](O)[C@H]6O)C(C)(C)[C@@H]5CC[C@]43C)[C@@H]2C1. The van der Waals surface area contributed by atoms with E-state index in [1.54, 1.807) is 0 Å². The average molecular weight is 941 g/mol. The van der Waals surface area contributed by atoms with Crippen LogP contribution in [0.4, 0.5) is 0 Å². The Hall–Kier alpha value is -1.72. The summed E-state index contributed by atoms with van der Waals surface area (Å²) in [5.41, 5.74) is -1.27. The van der Waals surface area contributed by atoms with Crippen molar-refractivity contribution in [3.63, 3.8) is 0 Å². The Morgan fingerprint density at radius 2 is 1.32 bits per heavy atom. The van der Waals surface area contributed by atoms with Crippen LogP contribution in [0.2, 0.25) is 0 Å². The number of methoxy groups -OCH3 is 1. The first kappa shape index (κ1) is 50.7. The summed E-state index contributed by atoms with van der Waals surface area (Å²) in [6.45, 7) is 13.5. The third kappa shape index (κ3) is 7.79. The summed E-state index contributed by atoms with van der Waals surface area (Å²) >= 11 is 0. The zero-order chi connectivity index (χ0) is 48.3. The maximum Gasteiger partial charge on any atom is 0.311 e. The first-order valence-electron chi connectivity index (χ1n) is 24.1. The van der Waals surface area contributed by atoms with E-state index in [0.29, 0.717) is 19.3 Å². The van der Waals surface area contributed by atoms with E-state index < -0.39 is 128 Å². The Balaban J connectivity index is 1.10. The number of rotatable bonds is 9. The first-order chi connectivity index (χ1) is 30.9. The molecule has 0 amide bonds. The molecule has 3 aliphatic heterocycles. The predicted molar refractivity (Wildman–Crippen MR) is 229 cm³/mol. The van der Waals surface area contributed by atoms with E-state index in [-0.39, 0.29) is 45.8 Å². The van der Waals surface area contributed by atoms with E-state index in [1.165, 1.54) is 12.7 Å². The molecule has 7 fully saturated rings. The van der Waals surface area contributed by atoms with Gasteiger partial charge in [-0.15, -0.1) is 0 Å². The van der Waals surface area contributed by atoms with Crippen molar-refractivity contribution < 1.29 is 88.7 Å². The molecule has 0 aromatic carbocycles. The molecule has 376 valence electrons. The fourth-order valence-electron chi connectivity index (χ4n) is 14.8. The Labute approximate surface area is 386 Å². The lowest BCUT2D eigenvalue weighted by molar-refractivity contribution is -0.396. The van der Waals surface area contributed by atoms with Gasteiger partial charge >= 0.3 is 5.97 Å². The number of ether oxygens (including phenoxy) is 7. The molecule has 0 aromatic heterocycles. The topological polar surface area (TPSA) is 281 Å². The second-order valence-corrected chi connectivity index (χ2v) is 23.1. The first-order valence-corrected chi connectivity index (χ1v) is 24.1. The van der Waals surface area contributed by atoms with Gasteiger partial charge in [0.2, 0.25) is 0 Å². The van der Waals surface area contributed by atoms with E-state index in [2.05, 4.69) is 41.5 Å². The van der Waals surface area contributed by atoms with Crippen LogP contribution in [0.1, 0.15) is 106 Å². The van der Waals surface area contributed by atoms with Gasteiger partial charge in [0.05, 0.1) is 38.4 Å². The number of carbonyl (C=O) groups excluding carboxylic acids is 2. The fraction of sp³-hybridized carbons (Fsp3) is 0.917. The Morgan fingerprint density at radius 3 is 1.98 bits per heavy atom. The normalized spacial score (nSPS) is 53.7. The molecule has 18 heteroatoms. The van der Waals surface area contributed by atoms with Crippen molar-refractivity contribution >= 4 is 11.8 Å². The van der Waals surface area contributed by atoms with Gasteiger partial charge in [-0.25, -0.2) is 0 Å². The number of hydrogen-bond donors (Lipinski definition) is 9. The molecule has 0 unspecified atom stereocenters. The molecule has 0 radical (unpaired) electrons. The number of ketones is 1. The molecule has 0 spiro atoms. The van der Waals surface area contributed by atoms with Crippen LogP contribution in [0.25, 0.3) is 0 Å². The van der Waals surface area contributed by atoms with Crippen LogP contribution in [-0.4, -0.2) is 177 Å². The number of fused-ring (bicyclic) bond motifs is 7. The van der Waals surface area contributed by atoms with Crippen molar-refractivity contribution in [3.8, 4) is 0 Å². The third-order valence-corrected chi connectivity index (χ3v) is 19.2. The highest BCUT2D eigenvalue weighted by atomic mass is 16.8. The van der Waals surface area contributed by atoms with Crippen molar-refractivity contribution in [2.75, 3.05) is 26.9 Å². The highest BCUT2D eigenvalue weighted by Crippen LogP contribution is 2.75. The molecule has 3 saturated heterocycles. The van der Waals surface area contributed by atoms with Crippen LogP contribution < -0.4 is 0 Å². The second-order valence-electron chi connectivity index (χ2n) is 23.1. The summed E-state index contributed by atoms with van der Waals surface area (Å²) in [6.07, 6.45) is -14.7. The van der Waals surface area contributed by atoms with Crippen molar-refractivity contribution in [2.24, 2.45) is 50.2 Å². The number of aliphatic hydroxyl groups is 9. The molecule has 8 aliphatic rings. The van der Waals surface area contributed by atoms with Crippen LogP contribution in [0, 0.1) is 50.2 Å². The standard InChI is InChI=1S/C48H76O18/c1-43(2)28-9-12-48(7)38(24(51)17-22-23-18-45(4,42(59)60-8)14-13-44(23,3)15-16-47(22,48)6)46(28,5)11-10-29(43)64-41-37(66-40-35(58)33(56)31(54)26(19-49)62-40)36(32(55)27(20-50)63-41)65-39-34(57)30(53)25(52)21-61-39/h17,23,25-41,49-50,52-58H,9-16,18-21H2,1-8H3/t23-,25+,26+,27+,28-,29-,30-,31-,32+,33-,34+,35+,36-,37+,38+,39-,40-,41-,44+,45-,46-,47+,48+/m0/s1. The van der Waals surface area contributed by atoms with Crippen molar-refractivity contribution in [2.45, 2.75) is 198 Å². The molecule has 4 saturated carbocycles. The maximum absolute atomic E-state index is 15.1. The zero-order valence-corrected chi connectivity index (χ0v) is 39.7. The molecule has 23 atom stereocenters. The number of carbonyl (C=O) groups is 2. The average Bonchev–Trinajstić information content (AvgIpc) is 3.27. The van der Waals surface area contributed by atoms with E-state index in [4.69, 9.17) is 33.2 Å². The molecule has 9 N–H and O–H groups in total. The molecule has 0 bridgehead atoms. The van der Waals surface area contributed by atoms with Gasteiger partial charge < -0.3 is 79.1 Å². The van der Waals surface area contributed by atoms with E-state index in [1.807, 2.05) is 13.0 Å². The molecule has 18 nitrogen and oxygen atoms in total. The quantitative estimate of drug-likeness (QED) is 0.113. The molecular weight excluding hydrogens is 865 g/mol. The fourth-order valence-corrected chi connectivity index (χ4v) is 14.8. The molecular formula is C48H76O18. The molecule has 8 rings (SSSR count). The summed E-state index contributed by atoms with van der Waals surface area (Å²) in [5, 5.41) is 95.9. The van der Waals surface area contributed by atoms with Gasteiger partial charge in [-0.05, 0) is 110 Å². The number of esters is 1. The maximum atomic E-state index is 15.1. The predicted octanol–water partition coefficient (Wildman–Crippen LogP) is 0.613. The van der Waals surface area contributed by atoms with Gasteiger partial charge in [0, 0.05) is 5.92 Å². The minimum absolute atomic E-state index is 0.0332. The van der Waals surface area contributed by atoms with Crippen LogP contribution in [0.15, 0.2) is 11.6 Å². The van der Waals surface area contributed by atoms with E-state index in [0.717, 1.165) is 38.5 Å². The minimum atomic E-state index is -1.88. The summed E-state index contributed by atoms with van der Waals surface area (Å²) in [7, 11) is 1.45. The summed E-state index contributed by atoms with van der Waals surface area (Å²) in [5.74, 6) is -0.376. The number of aliphatic hydroxyl groups excluding tert-OH is 9. The molecule has 66 heavy (non-hydrogen) atoms. The van der Waals surface area contributed by atoms with Crippen LogP contribution in [0.3, 0.4) is 0 Å². The highest BCUT2D eigenvalue weighted by Gasteiger charge is 2.71. The summed E-state index contributed by atoms with van der Waals surface area (Å²) < 4.78 is 42.1. The third-order valence-electron chi connectivity index (χ3n) is 19.2. The second kappa shape index (κ2) is 17.8. The number of allylic oxidation sites excluding steroid dienone is 2. The minimum Gasteiger partial charge on any atom is -0.469 e.